The van der Waals surface area contributed by atoms with Crippen molar-refractivity contribution in [1.82, 2.24) is 4.98 Å². The first-order valence-electron chi connectivity index (χ1n) is 3.39. The van der Waals surface area contributed by atoms with Crippen LogP contribution in [0.5, 0.6) is 5.75 Å². The third-order valence-electron chi connectivity index (χ3n) is 1.61. The number of nitrogens with zero attached hydrogens (tertiary/aromatic N) is 1. The minimum absolute atomic E-state index is 0.340. The van der Waals surface area contributed by atoms with E-state index in [-0.39, 0.29) is 0 Å². The monoisotopic (exact) mass is 137 g/mol. The van der Waals surface area contributed by atoms with Crippen molar-refractivity contribution in [1.29, 1.82) is 0 Å². The van der Waals surface area contributed by atoms with Gasteiger partial charge < -0.3 is 5.11 Å². The van der Waals surface area contributed by atoms with Gasteiger partial charge in [-0.2, -0.15) is 0 Å². The largest absolute Gasteiger partial charge is 0.508 e. The van der Waals surface area contributed by atoms with E-state index in [0.29, 0.717) is 5.75 Å². The maximum Gasteiger partial charge on any atom is 0.121 e. The van der Waals surface area contributed by atoms with Crippen LogP contribution in [0.4, 0.5) is 0 Å². The highest BCUT2D eigenvalue weighted by atomic mass is 16.3. The van der Waals surface area contributed by atoms with Gasteiger partial charge >= 0.3 is 0 Å². The van der Waals surface area contributed by atoms with Crippen molar-refractivity contribution >= 4 is 0 Å². The van der Waals surface area contributed by atoms with Crippen molar-refractivity contribution in [3.05, 3.63) is 23.5 Å². The van der Waals surface area contributed by atoms with Gasteiger partial charge in [0.1, 0.15) is 5.75 Å². The second-order valence-corrected chi connectivity index (χ2v) is 2.26. The lowest BCUT2D eigenvalue weighted by atomic mass is 10.1. The topological polar surface area (TPSA) is 33.1 Å². The summed E-state index contributed by atoms with van der Waals surface area (Å²) in [6.45, 7) is 3.90. The van der Waals surface area contributed by atoms with Gasteiger partial charge in [-0.05, 0) is 19.4 Å². The fraction of sp³-hybridized carbons (Fsp3) is 0.375. The molecule has 0 spiro atoms. The van der Waals surface area contributed by atoms with Crippen LogP contribution < -0.4 is 0 Å². The molecule has 0 saturated carbocycles. The summed E-state index contributed by atoms with van der Waals surface area (Å²) in [7, 11) is 0. The third-order valence-corrected chi connectivity index (χ3v) is 1.61. The van der Waals surface area contributed by atoms with E-state index in [9.17, 15) is 5.11 Å². The Kier molecular flexibility index (Phi) is 1.90. The molecule has 0 bridgehead atoms. The number of hydrogen-bond donors (Lipinski definition) is 1. The predicted octanol–water partition coefficient (Wildman–Crippen LogP) is 1.66. The molecule has 0 unspecified atom stereocenters. The van der Waals surface area contributed by atoms with E-state index in [4.69, 9.17) is 0 Å². The maximum absolute atomic E-state index is 9.19. The Labute approximate surface area is 60.5 Å². The summed E-state index contributed by atoms with van der Waals surface area (Å²) in [5.41, 5.74) is 1.87. The molecule has 0 atom stereocenters. The SMILES string of the molecule is CCc1nccc(O)c1C. The highest BCUT2D eigenvalue weighted by molar-refractivity contribution is 5.32. The summed E-state index contributed by atoms with van der Waals surface area (Å²) in [6, 6.07) is 1.61. The summed E-state index contributed by atoms with van der Waals surface area (Å²) in [5.74, 6) is 0.340. The second-order valence-electron chi connectivity index (χ2n) is 2.26. The van der Waals surface area contributed by atoms with Gasteiger partial charge in [-0.3, -0.25) is 4.98 Å². The number of rotatable bonds is 1. The highest BCUT2D eigenvalue weighted by Crippen LogP contribution is 2.16. The Morgan fingerprint density at radius 1 is 1.60 bits per heavy atom. The van der Waals surface area contributed by atoms with Gasteiger partial charge in [0.05, 0.1) is 0 Å². The molecule has 1 heterocycles. The van der Waals surface area contributed by atoms with E-state index < -0.39 is 0 Å². The van der Waals surface area contributed by atoms with Crippen LogP contribution in [0.15, 0.2) is 12.3 Å². The first kappa shape index (κ1) is 7.06. The van der Waals surface area contributed by atoms with Crippen molar-refractivity contribution in [2.24, 2.45) is 0 Å². The third kappa shape index (κ3) is 1.10. The first-order chi connectivity index (χ1) is 4.75. The number of aryl methyl sites for hydroxylation is 1. The molecule has 0 fully saturated rings. The smallest absolute Gasteiger partial charge is 0.121 e. The van der Waals surface area contributed by atoms with Crippen LogP contribution in [0, 0.1) is 6.92 Å². The van der Waals surface area contributed by atoms with Crippen LogP contribution >= 0.6 is 0 Å². The molecule has 0 radical (unpaired) electrons. The summed E-state index contributed by atoms with van der Waals surface area (Å²) < 4.78 is 0. The fourth-order valence-electron chi connectivity index (χ4n) is 0.924. The van der Waals surface area contributed by atoms with Gasteiger partial charge in [0.15, 0.2) is 0 Å². The lowest BCUT2D eigenvalue weighted by Crippen LogP contribution is -1.90. The molecule has 0 aromatic carbocycles. The van der Waals surface area contributed by atoms with Crippen molar-refractivity contribution in [3.8, 4) is 5.75 Å². The van der Waals surface area contributed by atoms with Crippen LogP contribution in [0.1, 0.15) is 18.2 Å². The fourth-order valence-corrected chi connectivity index (χ4v) is 0.924. The summed E-state index contributed by atoms with van der Waals surface area (Å²) in [6.07, 6.45) is 2.50. The molecule has 1 aromatic rings. The Morgan fingerprint density at radius 2 is 2.30 bits per heavy atom. The molecule has 1 N–H and O–H groups in total. The van der Waals surface area contributed by atoms with Crippen molar-refractivity contribution in [3.63, 3.8) is 0 Å². The van der Waals surface area contributed by atoms with Crippen LogP contribution in [-0.2, 0) is 6.42 Å². The summed E-state index contributed by atoms with van der Waals surface area (Å²) in [4.78, 5) is 4.10. The minimum atomic E-state index is 0.340. The zero-order chi connectivity index (χ0) is 7.56. The molecule has 0 saturated heterocycles. The van der Waals surface area contributed by atoms with E-state index in [2.05, 4.69) is 4.98 Å². The Balaban J connectivity index is 3.14. The van der Waals surface area contributed by atoms with E-state index in [1.165, 1.54) is 0 Å². The Bertz CT molecular complexity index is 233. The molecule has 54 valence electrons. The molecule has 2 nitrogen and oxygen atoms in total. The van der Waals surface area contributed by atoms with E-state index in [0.717, 1.165) is 17.7 Å². The van der Waals surface area contributed by atoms with Gasteiger partial charge in [0.25, 0.3) is 0 Å². The van der Waals surface area contributed by atoms with Gasteiger partial charge in [-0.25, -0.2) is 0 Å². The van der Waals surface area contributed by atoms with Gasteiger partial charge in [0, 0.05) is 17.5 Å². The molecule has 2 heteroatoms. The molecule has 0 aliphatic heterocycles. The van der Waals surface area contributed by atoms with Crippen molar-refractivity contribution in [2.45, 2.75) is 20.3 Å². The normalized spacial score (nSPS) is 9.80. The number of aromatic hydroxyl groups is 1. The molecular formula is C8H11NO. The average Bonchev–Trinajstić information content (AvgIpc) is 1.95. The molecule has 0 amide bonds. The lowest BCUT2D eigenvalue weighted by molar-refractivity contribution is 0.469. The zero-order valence-corrected chi connectivity index (χ0v) is 6.26. The van der Waals surface area contributed by atoms with Crippen LogP contribution in [0.3, 0.4) is 0 Å². The van der Waals surface area contributed by atoms with E-state index >= 15 is 0 Å². The van der Waals surface area contributed by atoms with Gasteiger partial charge in [-0.15, -0.1) is 0 Å². The minimum Gasteiger partial charge on any atom is -0.508 e. The van der Waals surface area contributed by atoms with Gasteiger partial charge in [0.2, 0.25) is 0 Å². The quantitative estimate of drug-likeness (QED) is 0.638. The molecule has 0 aliphatic rings. The van der Waals surface area contributed by atoms with Crippen LogP contribution in [0.25, 0.3) is 0 Å². The first-order valence-corrected chi connectivity index (χ1v) is 3.39. The highest BCUT2D eigenvalue weighted by Gasteiger charge is 1.99. The number of aromatic nitrogens is 1. The lowest BCUT2D eigenvalue weighted by Gasteiger charge is -2.01. The van der Waals surface area contributed by atoms with E-state index in [1.807, 2.05) is 13.8 Å². The molecule has 1 aromatic heterocycles. The molecule has 1 rings (SSSR count). The number of hydrogen-bond acceptors (Lipinski definition) is 2. The molecule has 10 heavy (non-hydrogen) atoms. The van der Waals surface area contributed by atoms with Crippen LogP contribution in [0.2, 0.25) is 0 Å². The Hall–Kier alpha value is -1.05. The van der Waals surface area contributed by atoms with E-state index in [1.54, 1.807) is 12.3 Å². The van der Waals surface area contributed by atoms with Crippen LogP contribution in [-0.4, -0.2) is 10.1 Å². The molecular weight excluding hydrogens is 126 g/mol. The maximum atomic E-state index is 9.19. The average molecular weight is 137 g/mol. The molecule has 0 aliphatic carbocycles. The standard InChI is InChI=1S/C8H11NO/c1-3-7-6(2)8(10)4-5-9-7/h4-5H,3H2,1-2H3,(H,9,10). The summed E-state index contributed by atoms with van der Waals surface area (Å²) in [5, 5.41) is 9.19. The Morgan fingerprint density at radius 3 is 2.80 bits per heavy atom. The second kappa shape index (κ2) is 2.69. The number of pyridine rings is 1. The predicted molar refractivity (Wildman–Crippen MR) is 40.0 cm³/mol. The zero-order valence-electron chi connectivity index (χ0n) is 6.26. The summed E-state index contributed by atoms with van der Waals surface area (Å²) >= 11 is 0. The van der Waals surface area contributed by atoms with Gasteiger partial charge in [-0.1, -0.05) is 6.92 Å². The van der Waals surface area contributed by atoms with Crippen molar-refractivity contribution < 1.29 is 5.11 Å². The van der Waals surface area contributed by atoms with Crippen molar-refractivity contribution in [2.75, 3.05) is 0 Å².